The van der Waals surface area contributed by atoms with E-state index in [1.54, 1.807) is 24.8 Å². The Kier molecular flexibility index (Phi) is 8.47. The van der Waals surface area contributed by atoms with Crippen molar-refractivity contribution >= 4 is 7.60 Å². The van der Waals surface area contributed by atoms with Gasteiger partial charge in [0.25, 0.3) is 0 Å². The first kappa shape index (κ1) is 17.5. The quantitative estimate of drug-likeness (QED) is 0.784. The average Bonchev–Trinajstić information content (AvgIpc) is 3.07. The van der Waals surface area contributed by atoms with Crippen LogP contribution >= 0.6 is 7.60 Å². The molecule has 21 heavy (non-hydrogen) atoms. The fraction of sp³-hybridized carbons (Fsp3) is 0.286. The van der Waals surface area contributed by atoms with E-state index in [-0.39, 0.29) is 6.61 Å². The first-order valence-corrected chi connectivity index (χ1v) is 8.12. The fourth-order valence-electron chi connectivity index (χ4n) is 1.41. The SMILES string of the molecule is O=P(O)(O)C1CCOC1.c1ccncc1.c1ccncc1. The molecular formula is C14H19N2O4P. The summed E-state index contributed by atoms with van der Waals surface area (Å²) in [5.41, 5.74) is -0.544. The van der Waals surface area contributed by atoms with Crippen molar-refractivity contribution in [3.63, 3.8) is 0 Å². The van der Waals surface area contributed by atoms with Crippen molar-refractivity contribution in [1.29, 1.82) is 0 Å². The van der Waals surface area contributed by atoms with Crippen LogP contribution in [0.5, 0.6) is 0 Å². The average molecular weight is 310 g/mol. The first-order chi connectivity index (χ1) is 10.1. The molecule has 2 N–H and O–H groups in total. The van der Waals surface area contributed by atoms with Crippen LogP contribution in [-0.2, 0) is 9.30 Å². The lowest BCUT2D eigenvalue weighted by Crippen LogP contribution is -2.06. The monoisotopic (exact) mass is 310 g/mol. The number of hydrogen-bond acceptors (Lipinski definition) is 4. The van der Waals surface area contributed by atoms with Crippen molar-refractivity contribution in [1.82, 2.24) is 9.97 Å². The minimum atomic E-state index is -3.84. The van der Waals surface area contributed by atoms with Crippen molar-refractivity contribution in [2.24, 2.45) is 0 Å². The molecule has 0 aromatic carbocycles. The second-order valence-electron chi connectivity index (χ2n) is 4.16. The standard InChI is InChI=1S/2C5H5N.C4H9O4P/c2*1-2-4-6-5-3-1;5-9(6,7)4-1-2-8-3-4/h2*1-5H;4H,1-3H2,(H2,5,6,7). The predicted molar refractivity (Wildman–Crippen MR) is 79.7 cm³/mol. The van der Waals surface area contributed by atoms with Gasteiger partial charge < -0.3 is 14.5 Å². The zero-order chi connectivity index (χ0) is 15.4. The molecule has 0 radical (unpaired) electrons. The van der Waals surface area contributed by atoms with Crippen LogP contribution in [0, 0.1) is 0 Å². The Hall–Kier alpha value is -1.59. The van der Waals surface area contributed by atoms with E-state index in [2.05, 4.69) is 9.97 Å². The second kappa shape index (κ2) is 10.2. The molecule has 0 amide bonds. The number of ether oxygens (including phenoxy) is 1. The minimum Gasteiger partial charge on any atom is -0.380 e. The normalized spacial score (nSPS) is 17.0. The van der Waals surface area contributed by atoms with Gasteiger partial charge in [0.05, 0.1) is 12.3 Å². The summed E-state index contributed by atoms with van der Waals surface area (Å²) in [6, 6.07) is 11.4. The number of rotatable bonds is 1. The summed E-state index contributed by atoms with van der Waals surface area (Å²) in [5, 5.41) is 0. The van der Waals surface area contributed by atoms with E-state index in [1.165, 1.54) is 0 Å². The predicted octanol–water partition coefficient (Wildman–Crippen LogP) is 2.12. The van der Waals surface area contributed by atoms with E-state index in [0.717, 1.165) is 0 Å². The Morgan fingerprint density at radius 2 is 1.38 bits per heavy atom. The fourth-order valence-corrected chi connectivity index (χ4v) is 2.15. The molecule has 1 saturated heterocycles. The minimum absolute atomic E-state index is 0.213. The molecule has 7 heteroatoms. The third kappa shape index (κ3) is 9.05. The highest BCUT2D eigenvalue weighted by atomic mass is 31.2. The molecule has 3 heterocycles. The lowest BCUT2D eigenvalue weighted by atomic mass is 10.4. The zero-order valence-electron chi connectivity index (χ0n) is 11.5. The zero-order valence-corrected chi connectivity index (χ0v) is 12.4. The molecule has 114 valence electrons. The van der Waals surface area contributed by atoms with Crippen LogP contribution in [-0.4, -0.2) is 38.6 Å². The Morgan fingerprint density at radius 3 is 1.52 bits per heavy atom. The summed E-state index contributed by atoms with van der Waals surface area (Å²) >= 11 is 0. The summed E-state index contributed by atoms with van der Waals surface area (Å²) in [7, 11) is -3.84. The number of hydrogen-bond donors (Lipinski definition) is 2. The maximum Gasteiger partial charge on any atom is 0.331 e. The van der Waals surface area contributed by atoms with Gasteiger partial charge in [-0.25, -0.2) is 0 Å². The van der Waals surface area contributed by atoms with E-state index in [1.807, 2.05) is 36.4 Å². The van der Waals surface area contributed by atoms with Gasteiger partial charge in [-0.1, -0.05) is 12.1 Å². The Bertz CT molecular complexity index is 416. The van der Waals surface area contributed by atoms with Crippen molar-refractivity contribution < 1.29 is 19.1 Å². The first-order valence-electron chi connectivity index (χ1n) is 6.43. The molecule has 1 atom stereocenters. The third-order valence-electron chi connectivity index (χ3n) is 2.51. The van der Waals surface area contributed by atoms with Crippen molar-refractivity contribution in [3.8, 4) is 0 Å². The third-order valence-corrected chi connectivity index (χ3v) is 3.87. The van der Waals surface area contributed by atoms with Crippen LogP contribution in [0.3, 0.4) is 0 Å². The van der Waals surface area contributed by atoms with Gasteiger partial charge in [0.2, 0.25) is 0 Å². The molecule has 3 rings (SSSR count). The number of nitrogens with zero attached hydrogens (tertiary/aromatic N) is 2. The molecular weight excluding hydrogens is 291 g/mol. The van der Waals surface area contributed by atoms with Crippen molar-refractivity contribution in [2.45, 2.75) is 12.1 Å². The van der Waals surface area contributed by atoms with E-state index in [0.29, 0.717) is 13.0 Å². The van der Waals surface area contributed by atoms with Crippen LogP contribution in [0.25, 0.3) is 0 Å². The highest BCUT2D eigenvalue weighted by molar-refractivity contribution is 7.52. The Morgan fingerprint density at radius 1 is 0.905 bits per heavy atom. The molecule has 0 saturated carbocycles. The lowest BCUT2D eigenvalue weighted by molar-refractivity contribution is 0.196. The van der Waals surface area contributed by atoms with E-state index in [9.17, 15) is 4.57 Å². The van der Waals surface area contributed by atoms with Crippen LogP contribution in [0.1, 0.15) is 6.42 Å². The summed E-state index contributed by atoms with van der Waals surface area (Å²) in [5.74, 6) is 0. The molecule has 2 aromatic rings. The summed E-state index contributed by atoms with van der Waals surface area (Å²) in [6.07, 6.45) is 7.49. The van der Waals surface area contributed by atoms with Gasteiger partial charge in [-0.05, 0) is 30.7 Å². The molecule has 0 bridgehead atoms. The van der Waals surface area contributed by atoms with E-state index < -0.39 is 13.3 Å². The second-order valence-corrected chi connectivity index (χ2v) is 6.06. The molecule has 2 aromatic heterocycles. The maximum absolute atomic E-state index is 10.4. The van der Waals surface area contributed by atoms with Crippen LogP contribution in [0.4, 0.5) is 0 Å². The topological polar surface area (TPSA) is 92.5 Å². The molecule has 0 aliphatic carbocycles. The van der Waals surface area contributed by atoms with Crippen LogP contribution < -0.4 is 0 Å². The Balaban J connectivity index is 0.000000163. The lowest BCUT2D eigenvalue weighted by Gasteiger charge is -2.07. The summed E-state index contributed by atoms with van der Waals surface area (Å²) in [6.45, 7) is 0.694. The number of aromatic nitrogens is 2. The van der Waals surface area contributed by atoms with Gasteiger partial charge >= 0.3 is 7.60 Å². The summed E-state index contributed by atoms with van der Waals surface area (Å²) in [4.78, 5) is 24.7. The van der Waals surface area contributed by atoms with Crippen molar-refractivity contribution in [3.05, 3.63) is 61.2 Å². The van der Waals surface area contributed by atoms with Crippen LogP contribution in [0.2, 0.25) is 0 Å². The van der Waals surface area contributed by atoms with Gasteiger partial charge in [-0.2, -0.15) is 0 Å². The van der Waals surface area contributed by atoms with Gasteiger partial charge in [0.1, 0.15) is 0 Å². The highest BCUT2D eigenvalue weighted by Crippen LogP contribution is 2.44. The van der Waals surface area contributed by atoms with E-state index >= 15 is 0 Å². The molecule has 0 spiro atoms. The van der Waals surface area contributed by atoms with Crippen LogP contribution in [0.15, 0.2) is 61.2 Å². The van der Waals surface area contributed by atoms with Gasteiger partial charge in [-0.3, -0.25) is 14.5 Å². The largest absolute Gasteiger partial charge is 0.380 e. The molecule has 1 aliphatic heterocycles. The van der Waals surface area contributed by atoms with Gasteiger partial charge in [0, 0.05) is 31.4 Å². The maximum atomic E-state index is 10.4. The highest BCUT2D eigenvalue weighted by Gasteiger charge is 2.31. The molecule has 6 nitrogen and oxygen atoms in total. The van der Waals surface area contributed by atoms with Crippen molar-refractivity contribution in [2.75, 3.05) is 13.2 Å². The molecule has 1 aliphatic rings. The van der Waals surface area contributed by atoms with Gasteiger partial charge in [-0.15, -0.1) is 0 Å². The Labute approximate surface area is 124 Å². The number of pyridine rings is 2. The van der Waals surface area contributed by atoms with Gasteiger partial charge in [0.15, 0.2) is 0 Å². The van der Waals surface area contributed by atoms with E-state index in [4.69, 9.17) is 14.5 Å². The smallest absolute Gasteiger partial charge is 0.331 e. The molecule has 1 fully saturated rings. The molecule has 1 unspecified atom stereocenters. The summed E-state index contributed by atoms with van der Waals surface area (Å²) < 4.78 is 15.2.